The molecule has 70 valence electrons. The van der Waals surface area contributed by atoms with E-state index in [4.69, 9.17) is 5.73 Å². The van der Waals surface area contributed by atoms with Crippen LogP contribution in [0, 0.1) is 0 Å². The molecule has 1 rings (SSSR count). The molecule has 0 aromatic carbocycles. The molecule has 1 aliphatic rings. The summed E-state index contributed by atoms with van der Waals surface area (Å²) in [4.78, 5) is 13.0. The normalized spacial score (nSPS) is 24.2. The maximum atomic E-state index is 11.3. The average molecular weight is 172 g/mol. The van der Waals surface area contributed by atoms with Crippen molar-refractivity contribution >= 4 is 5.91 Å². The maximum absolute atomic E-state index is 11.3. The Morgan fingerprint density at radius 1 is 1.67 bits per heavy atom. The molecule has 1 amide bonds. The van der Waals surface area contributed by atoms with Gasteiger partial charge in [0.2, 0.25) is 5.91 Å². The second kappa shape index (κ2) is 4.42. The monoisotopic (exact) mass is 172 g/mol. The quantitative estimate of drug-likeness (QED) is 0.580. The third kappa shape index (κ3) is 2.46. The molecule has 1 fully saturated rings. The van der Waals surface area contributed by atoms with Crippen LogP contribution in [-0.2, 0) is 4.79 Å². The summed E-state index contributed by atoms with van der Waals surface area (Å²) in [6.45, 7) is 1.65. The van der Waals surface area contributed by atoms with Crippen molar-refractivity contribution in [2.24, 2.45) is 5.73 Å². The van der Waals surface area contributed by atoms with E-state index < -0.39 is 0 Å². The van der Waals surface area contributed by atoms with Gasteiger partial charge < -0.3 is 15.7 Å². The van der Waals surface area contributed by atoms with E-state index in [2.05, 4.69) is 0 Å². The number of rotatable bonds is 2. The van der Waals surface area contributed by atoms with Gasteiger partial charge in [-0.05, 0) is 12.8 Å². The molecule has 0 bridgehead atoms. The Morgan fingerprint density at radius 3 is 3.00 bits per heavy atom. The lowest BCUT2D eigenvalue weighted by Gasteiger charge is -2.30. The Balaban J connectivity index is 2.35. The van der Waals surface area contributed by atoms with Crippen molar-refractivity contribution in [3.8, 4) is 0 Å². The van der Waals surface area contributed by atoms with Gasteiger partial charge in [-0.3, -0.25) is 4.79 Å². The van der Waals surface area contributed by atoms with Crippen molar-refractivity contribution in [3.05, 3.63) is 0 Å². The van der Waals surface area contributed by atoms with Crippen LogP contribution >= 0.6 is 0 Å². The predicted molar refractivity (Wildman–Crippen MR) is 45.5 cm³/mol. The molecule has 0 unspecified atom stereocenters. The van der Waals surface area contributed by atoms with Crippen molar-refractivity contribution in [3.63, 3.8) is 0 Å². The van der Waals surface area contributed by atoms with Gasteiger partial charge in [0.1, 0.15) is 0 Å². The van der Waals surface area contributed by atoms with Crippen molar-refractivity contribution in [2.75, 3.05) is 19.6 Å². The first-order valence-electron chi connectivity index (χ1n) is 4.40. The summed E-state index contributed by atoms with van der Waals surface area (Å²) >= 11 is 0. The molecule has 1 aliphatic heterocycles. The van der Waals surface area contributed by atoms with Gasteiger partial charge in [0.15, 0.2) is 0 Å². The molecule has 1 heterocycles. The topological polar surface area (TPSA) is 66.6 Å². The fourth-order valence-electron chi connectivity index (χ4n) is 1.46. The number of carbonyl (C=O) groups excluding carboxylic acids is 1. The molecule has 0 spiro atoms. The van der Waals surface area contributed by atoms with Gasteiger partial charge in [-0.15, -0.1) is 0 Å². The Hall–Kier alpha value is -0.610. The summed E-state index contributed by atoms with van der Waals surface area (Å²) in [5.41, 5.74) is 5.26. The molecular formula is C8H16N2O2. The largest absolute Gasteiger partial charge is 0.391 e. The molecule has 1 saturated heterocycles. The fourth-order valence-corrected chi connectivity index (χ4v) is 1.46. The standard InChI is InChI=1S/C8H16N2O2/c9-4-3-8(12)10-5-1-2-7(11)6-10/h7,11H,1-6,9H2/t7-/m0/s1. The molecule has 0 saturated carbocycles. The minimum Gasteiger partial charge on any atom is -0.391 e. The minimum atomic E-state index is -0.333. The number of β-amino-alcohol motifs (C(OH)–C–C–N with tert-alkyl or cyclic N) is 1. The highest BCUT2D eigenvalue weighted by atomic mass is 16.3. The van der Waals surface area contributed by atoms with Crippen LogP contribution in [0.5, 0.6) is 0 Å². The molecular weight excluding hydrogens is 156 g/mol. The van der Waals surface area contributed by atoms with E-state index in [0.29, 0.717) is 19.5 Å². The van der Waals surface area contributed by atoms with Gasteiger partial charge in [-0.1, -0.05) is 0 Å². The van der Waals surface area contributed by atoms with Crippen LogP contribution in [0.15, 0.2) is 0 Å². The second-order valence-electron chi connectivity index (χ2n) is 3.17. The van der Waals surface area contributed by atoms with Crippen LogP contribution in [0.2, 0.25) is 0 Å². The minimum absolute atomic E-state index is 0.0660. The number of hydrogen-bond donors (Lipinski definition) is 2. The van der Waals surface area contributed by atoms with E-state index in [0.717, 1.165) is 19.4 Å². The molecule has 12 heavy (non-hydrogen) atoms. The highest BCUT2D eigenvalue weighted by molar-refractivity contribution is 5.76. The van der Waals surface area contributed by atoms with Gasteiger partial charge in [0, 0.05) is 26.1 Å². The molecule has 3 N–H and O–H groups in total. The van der Waals surface area contributed by atoms with Crippen molar-refractivity contribution in [2.45, 2.75) is 25.4 Å². The zero-order chi connectivity index (χ0) is 8.97. The van der Waals surface area contributed by atoms with E-state index in [1.165, 1.54) is 0 Å². The van der Waals surface area contributed by atoms with E-state index in [-0.39, 0.29) is 12.0 Å². The third-order valence-electron chi connectivity index (χ3n) is 2.11. The first-order valence-corrected chi connectivity index (χ1v) is 4.40. The molecule has 0 aliphatic carbocycles. The summed E-state index contributed by atoms with van der Waals surface area (Å²) in [7, 11) is 0. The fraction of sp³-hybridized carbons (Fsp3) is 0.875. The van der Waals surface area contributed by atoms with Crippen molar-refractivity contribution in [1.29, 1.82) is 0 Å². The lowest BCUT2D eigenvalue weighted by atomic mass is 10.1. The van der Waals surface area contributed by atoms with Crippen LogP contribution in [0.25, 0.3) is 0 Å². The highest BCUT2D eigenvalue weighted by Gasteiger charge is 2.20. The van der Waals surface area contributed by atoms with Crippen LogP contribution in [-0.4, -0.2) is 41.7 Å². The summed E-state index contributed by atoms with van der Waals surface area (Å²) in [5, 5.41) is 9.27. The van der Waals surface area contributed by atoms with Crippen molar-refractivity contribution < 1.29 is 9.90 Å². The van der Waals surface area contributed by atoms with Crippen LogP contribution in [0.4, 0.5) is 0 Å². The predicted octanol–water partition coefficient (Wildman–Crippen LogP) is -0.682. The zero-order valence-electron chi connectivity index (χ0n) is 7.20. The van der Waals surface area contributed by atoms with Gasteiger partial charge >= 0.3 is 0 Å². The number of hydrogen-bond acceptors (Lipinski definition) is 3. The first kappa shape index (κ1) is 9.48. The SMILES string of the molecule is NCCC(=O)N1CCC[C@H](O)C1. The van der Waals surface area contributed by atoms with Gasteiger partial charge in [-0.25, -0.2) is 0 Å². The van der Waals surface area contributed by atoms with E-state index >= 15 is 0 Å². The first-order chi connectivity index (χ1) is 5.74. The molecule has 4 nitrogen and oxygen atoms in total. The number of amides is 1. The average Bonchev–Trinajstić information content (AvgIpc) is 2.05. The molecule has 0 radical (unpaired) electrons. The molecule has 0 aromatic heterocycles. The Kier molecular flexibility index (Phi) is 3.49. The maximum Gasteiger partial charge on any atom is 0.223 e. The number of piperidine rings is 1. The number of carbonyl (C=O) groups is 1. The molecule has 0 aromatic rings. The third-order valence-corrected chi connectivity index (χ3v) is 2.11. The van der Waals surface area contributed by atoms with Crippen molar-refractivity contribution in [1.82, 2.24) is 4.90 Å². The number of nitrogens with two attached hydrogens (primary N) is 1. The Morgan fingerprint density at radius 2 is 2.42 bits per heavy atom. The lowest BCUT2D eigenvalue weighted by Crippen LogP contribution is -2.42. The molecule has 1 atom stereocenters. The van der Waals surface area contributed by atoms with Crippen LogP contribution in [0.1, 0.15) is 19.3 Å². The second-order valence-corrected chi connectivity index (χ2v) is 3.17. The number of likely N-dealkylation sites (tertiary alicyclic amines) is 1. The lowest BCUT2D eigenvalue weighted by molar-refractivity contribution is -0.134. The summed E-state index contributed by atoms with van der Waals surface area (Å²) < 4.78 is 0. The zero-order valence-corrected chi connectivity index (χ0v) is 7.20. The number of nitrogens with zero attached hydrogens (tertiary/aromatic N) is 1. The summed E-state index contributed by atoms with van der Waals surface area (Å²) in [6, 6.07) is 0. The van der Waals surface area contributed by atoms with Gasteiger partial charge in [0.05, 0.1) is 6.10 Å². The summed E-state index contributed by atoms with van der Waals surface area (Å²) in [5.74, 6) is 0.0660. The van der Waals surface area contributed by atoms with Crippen LogP contribution in [0.3, 0.4) is 0 Å². The Labute approximate surface area is 72.3 Å². The smallest absolute Gasteiger partial charge is 0.223 e. The van der Waals surface area contributed by atoms with E-state index in [1.807, 2.05) is 0 Å². The van der Waals surface area contributed by atoms with E-state index in [1.54, 1.807) is 4.90 Å². The number of aliphatic hydroxyl groups is 1. The number of aliphatic hydroxyl groups excluding tert-OH is 1. The highest BCUT2D eigenvalue weighted by Crippen LogP contribution is 2.10. The van der Waals surface area contributed by atoms with Crippen LogP contribution < -0.4 is 5.73 Å². The Bertz CT molecular complexity index is 161. The van der Waals surface area contributed by atoms with E-state index in [9.17, 15) is 9.90 Å². The van der Waals surface area contributed by atoms with Gasteiger partial charge in [-0.2, -0.15) is 0 Å². The van der Waals surface area contributed by atoms with Gasteiger partial charge in [0.25, 0.3) is 0 Å². The molecule has 4 heteroatoms. The summed E-state index contributed by atoms with van der Waals surface area (Å²) in [6.07, 6.45) is 1.77.